The molecule has 3 rings (SSSR count). The molecule has 4 atom stereocenters. The van der Waals surface area contributed by atoms with Crippen molar-refractivity contribution < 1.29 is 24.1 Å². The zero-order valence-electron chi connectivity index (χ0n) is 19.7. The number of aryl methyl sites for hydroxylation is 1. The van der Waals surface area contributed by atoms with Crippen LogP contribution in [0.25, 0.3) is 11.1 Å². The van der Waals surface area contributed by atoms with Crippen LogP contribution in [0.2, 0.25) is 0 Å². The molecule has 0 radical (unpaired) electrons. The third-order valence-corrected chi connectivity index (χ3v) is 6.66. The summed E-state index contributed by atoms with van der Waals surface area (Å²) in [6.45, 7) is 8.24. The molecule has 0 amide bonds. The van der Waals surface area contributed by atoms with E-state index in [4.69, 9.17) is 9.47 Å². The normalized spacial score (nSPS) is 25.0. The molecule has 2 N–H and O–H groups in total. The monoisotopic (exact) mass is 444 g/mol. The summed E-state index contributed by atoms with van der Waals surface area (Å²) in [4.78, 5) is 0. The van der Waals surface area contributed by atoms with E-state index in [-0.39, 0.29) is 11.7 Å². The van der Waals surface area contributed by atoms with Gasteiger partial charge >= 0.3 is 0 Å². The molecule has 0 aliphatic carbocycles. The molecule has 1 heterocycles. The predicted octanol–water partition coefficient (Wildman–Crippen LogP) is 5.88. The first kappa shape index (κ1) is 24.7. The number of hydrogen-bond donors (Lipinski definition) is 2. The first-order valence-corrected chi connectivity index (χ1v) is 11.9. The van der Waals surface area contributed by atoms with Gasteiger partial charge in [-0.1, -0.05) is 65.2 Å². The van der Waals surface area contributed by atoms with Crippen molar-refractivity contribution in [2.24, 2.45) is 5.92 Å². The minimum absolute atomic E-state index is 0.202. The van der Waals surface area contributed by atoms with Gasteiger partial charge < -0.3 is 19.7 Å². The van der Waals surface area contributed by atoms with Crippen molar-refractivity contribution in [1.82, 2.24) is 0 Å². The summed E-state index contributed by atoms with van der Waals surface area (Å²) in [7, 11) is 0. The molecule has 1 saturated heterocycles. The quantitative estimate of drug-likeness (QED) is 0.507. The van der Waals surface area contributed by atoms with Crippen LogP contribution < -0.4 is 4.74 Å². The van der Waals surface area contributed by atoms with E-state index in [2.05, 4.69) is 20.8 Å². The Hall–Kier alpha value is -1.95. The van der Waals surface area contributed by atoms with E-state index in [9.17, 15) is 14.6 Å². The summed E-state index contributed by atoms with van der Waals surface area (Å²) in [6, 6.07) is 12.2. The minimum Gasteiger partial charge on any atom is -0.462 e. The lowest BCUT2D eigenvalue weighted by atomic mass is 9.74. The van der Waals surface area contributed by atoms with Gasteiger partial charge in [-0.15, -0.1) is 0 Å². The van der Waals surface area contributed by atoms with Gasteiger partial charge in [-0.05, 0) is 60.2 Å². The Morgan fingerprint density at radius 2 is 1.69 bits per heavy atom. The van der Waals surface area contributed by atoms with Crippen molar-refractivity contribution in [2.75, 3.05) is 0 Å². The van der Waals surface area contributed by atoms with Crippen LogP contribution >= 0.6 is 0 Å². The van der Waals surface area contributed by atoms with E-state index in [1.807, 2.05) is 31.2 Å². The molecule has 1 aliphatic rings. The second-order valence-corrected chi connectivity index (χ2v) is 9.02. The molecule has 4 nitrogen and oxygen atoms in total. The Morgan fingerprint density at radius 1 is 0.969 bits per heavy atom. The number of rotatable bonds is 9. The van der Waals surface area contributed by atoms with Crippen LogP contribution in [0.5, 0.6) is 5.75 Å². The van der Waals surface area contributed by atoms with Crippen LogP contribution in [0.15, 0.2) is 42.5 Å². The maximum atomic E-state index is 13.9. The highest BCUT2D eigenvalue weighted by Gasteiger charge is 2.51. The van der Waals surface area contributed by atoms with Gasteiger partial charge in [0.2, 0.25) is 6.29 Å². The third-order valence-electron chi connectivity index (χ3n) is 6.66. The van der Waals surface area contributed by atoms with Gasteiger partial charge in [0.05, 0.1) is 11.7 Å². The van der Waals surface area contributed by atoms with E-state index in [0.717, 1.165) is 55.2 Å². The van der Waals surface area contributed by atoms with Crippen molar-refractivity contribution in [3.63, 3.8) is 0 Å². The first-order valence-electron chi connectivity index (χ1n) is 11.9. The summed E-state index contributed by atoms with van der Waals surface area (Å²) < 4.78 is 26.4. The van der Waals surface area contributed by atoms with Crippen LogP contribution in [0.4, 0.5) is 4.39 Å². The number of aliphatic hydroxyl groups excluding tert-OH is 2. The van der Waals surface area contributed by atoms with Crippen molar-refractivity contribution in [2.45, 2.75) is 90.3 Å². The van der Waals surface area contributed by atoms with E-state index in [1.54, 1.807) is 6.07 Å². The number of aliphatic hydroxyl groups is 2. The lowest BCUT2D eigenvalue weighted by Crippen LogP contribution is -2.61. The second-order valence-electron chi connectivity index (χ2n) is 9.02. The van der Waals surface area contributed by atoms with Crippen molar-refractivity contribution in [3.8, 4) is 16.9 Å². The van der Waals surface area contributed by atoms with Gasteiger partial charge in [0.1, 0.15) is 17.7 Å². The standard InChI is InChI=1S/C27H37FO4/c1-5-9-19-12-13-22(17-23(19)20-10-8-11-21(28)16-20)31-26-25(30)24(29)18(4)27(32-26,14-6-2)15-7-3/h8,10-13,16-18,24-26,29-30H,5-7,9,14-15H2,1-4H3/t18-,24-,25-,26-/m1/s1. The molecule has 2 aromatic rings. The van der Waals surface area contributed by atoms with Crippen molar-refractivity contribution in [1.29, 1.82) is 0 Å². The van der Waals surface area contributed by atoms with Crippen LogP contribution in [0.3, 0.4) is 0 Å². The number of hydrogen-bond acceptors (Lipinski definition) is 4. The first-order chi connectivity index (χ1) is 15.3. The summed E-state index contributed by atoms with van der Waals surface area (Å²) in [5.74, 6) is 0.0344. The predicted molar refractivity (Wildman–Crippen MR) is 125 cm³/mol. The van der Waals surface area contributed by atoms with Crippen LogP contribution in [0, 0.1) is 11.7 Å². The highest BCUT2D eigenvalue weighted by atomic mass is 19.1. The molecular formula is C27H37FO4. The third kappa shape index (κ3) is 5.16. The molecular weight excluding hydrogens is 407 g/mol. The molecule has 1 fully saturated rings. The largest absolute Gasteiger partial charge is 0.462 e. The van der Waals surface area contributed by atoms with Crippen LogP contribution in [-0.2, 0) is 11.2 Å². The van der Waals surface area contributed by atoms with E-state index in [1.165, 1.54) is 12.1 Å². The summed E-state index contributed by atoms with van der Waals surface area (Å²) >= 11 is 0. The fourth-order valence-electron chi connectivity index (χ4n) is 4.99. The topological polar surface area (TPSA) is 58.9 Å². The van der Waals surface area contributed by atoms with Crippen molar-refractivity contribution in [3.05, 3.63) is 53.8 Å². The molecule has 32 heavy (non-hydrogen) atoms. The van der Waals surface area contributed by atoms with Gasteiger partial charge in [0.15, 0.2) is 0 Å². The Morgan fingerprint density at radius 3 is 2.31 bits per heavy atom. The molecule has 1 aliphatic heterocycles. The molecule has 0 aromatic heterocycles. The molecule has 0 bridgehead atoms. The summed E-state index contributed by atoms with van der Waals surface area (Å²) in [5, 5.41) is 21.6. The average molecular weight is 445 g/mol. The fraction of sp³-hybridized carbons (Fsp3) is 0.556. The smallest absolute Gasteiger partial charge is 0.229 e. The lowest BCUT2D eigenvalue weighted by molar-refractivity contribution is -0.299. The van der Waals surface area contributed by atoms with Gasteiger partial charge in [-0.25, -0.2) is 4.39 Å². The van der Waals surface area contributed by atoms with Gasteiger partial charge in [0, 0.05) is 5.92 Å². The van der Waals surface area contributed by atoms with E-state index >= 15 is 0 Å². The summed E-state index contributed by atoms with van der Waals surface area (Å²) in [6.07, 6.45) is 2.16. The van der Waals surface area contributed by atoms with Crippen LogP contribution in [0.1, 0.15) is 65.4 Å². The Kier molecular flexibility index (Phi) is 8.32. The molecule has 0 spiro atoms. The number of halogens is 1. The number of ether oxygens (including phenoxy) is 2. The second kappa shape index (κ2) is 10.8. The number of benzene rings is 2. The SMILES string of the molecule is CCCc1ccc(O[C@@H]2OC(CCC)(CCC)[C@H](C)[C@@H](O)[C@H]2O)cc1-c1cccc(F)c1. The van der Waals surface area contributed by atoms with Gasteiger partial charge in [-0.3, -0.25) is 0 Å². The summed E-state index contributed by atoms with van der Waals surface area (Å²) in [5.41, 5.74) is 2.25. The van der Waals surface area contributed by atoms with Gasteiger partial charge in [-0.2, -0.15) is 0 Å². The Bertz CT molecular complexity index is 878. The molecule has 0 unspecified atom stereocenters. The lowest BCUT2D eigenvalue weighted by Gasteiger charge is -2.50. The average Bonchev–Trinajstić information content (AvgIpc) is 2.77. The van der Waals surface area contributed by atoms with E-state index in [0.29, 0.717) is 5.75 Å². The maximum Gasteiger partial charge on any atom is 0.229 e. The highest BCUT2D eigenvalue weighted by Crippen LogP contribution is 2.42. The fourth-order valence-corrected chi connectivity index (χ4v) is 4.99. The molecule has 2 aromatic carbocycles. The zero-order chi connectivity index (χ0) is 23.3. The molecule has 176 valence electrons. The molecule has 5 heteroatoms. The van der Waals surface area contributed by atoms with E-state index < -0.39 is 24.1 Å². The van der Waals surface area contributed by atoms with Crippen LogP contribution in [-0.4, -0.2) is 34.3 Å². The Balaban J connectivity index is 1.93. The van der Waals surface area contributed by atoms with Crippen molar-refractivity contribution >= 4 is 0 Å². The molecule has 0 saturated carbocycles. The van der Waals surface area contributed by atoms with Gasteiger partial charge in [0.25, 0.3) is 0 Å². The zero-order valence-corrected chi connectivity index (χ0v) is 19.7. The maximum absolute atomic E-state index is 13.9. The highest BCUT2D eigenvalue weighted by molar-refractivity contribution is 5.69. The minimum atomic E-state index is -1.15. The Labute approximate surface area is 191 Å².